The molecule has 1 heterocycles. The van der Waals surface area contributed by atoms with Crippen LogP contribution in [0.25, 0.3) is 0 Å². The van der Waals surface area contributed by atoms with Crippen LogP contribution in [0.4, 0.5) is 0 Å². The van der Waals surface area contributed by atoms with Crippen LogP contribution < -0.4 is 5.32 Å². The molecule has 2 fully saturated rings. The lowest BCUT2D eigenvalue weighted by Gasteiger charge is -2.31. The predicted molar refractivity (Wildman–Crippen MR) is 79.6 cm³/mol. The van der Waals surface area contributed by atoms with Crippen molar-refractivity contribution in [2.75, 3.05) is 6.54 Å². The molecule has 19 heavy (non-hydrogen) atoms. The van der Waals surface area contributed by atoms with Gasteiger partial charge in [-0.05, 0) is 32.6 Å². The van der Waals surface area contributed by atoms with Crippen LogP contribution in [0.3, 0.4) is 0 Å². The summed E-state index contributed by atoms with van der Waals surface area (Å²) in [5.74, 6) is 0. The summed E-state index contributed by atoms with van der Waals surface area (Å²) in [6.45, 7) is 3.37. The molecule has 0 aromatic heterocycles. The molecule has 3 heteroatoms. The molecule has 3 nitrogen and oxygen atoms in total. The van der Waals surface area contributed by atoms with Crippen LogP contribution in [-0.4, -0.2) is 29.4 Å². The van der Waals surface area contributed by atoms with Gasteiger partial charge < -0.3 is 5.32 Å². The maximum absolute atomic E-state index is 4.87. The van der Waals surface area contributed by atoms with E-state index in [9.17, 15) is 0 Å². The molecule has 0 spiro atoms. The zero-order chi connectivity index (χ0) is 13.1. The van der Waals surface area contributed by atoms with Crippen molar-refractivity contribution in [3.05, 3.63) is 11.9 Å². The second-order valence-electron chi connectivity index (χ2n) is 6.45. The molecular formula is C16H28N3+. The van der Waals surface area contributed by atoms with E-state index in [1.54, 1.807) is 0 Å². The zero-order valence-corrected chi connectivity index (χ0v) is 12.3. The summed E-state index contributed by atoms with van der Waals surface area (Å²) in [4.78, 5) is 0. The summed E-state index contributed by atoms with van der Waals surface area (Å²) < 4.78 is 0.856. The molecule has 0 aromatic rings. The van der Waals surface area contributed by atoms with Gasteiger partial charge in [0.2, 0.25) is 0 Å². The van der Waals surface area contributed by atoms with E-state index in [1.807, 2.05) is 0 Å². The van der Waals surface area contributed by atoms with Crippen molar-refractivity contribution >= 4 is 6.21 Å². The summed E-state index contributed by atoms with van der Waals surface area (Å²) in [5.41, 5.74) is 1.28. The molecule has 3 rings (SSSR count). The molecule has 0 saturated heterocycles. The third-order valence-electron chi connectivity index (χ3n) is 5.21. The number of allylic oxidation sites excluding steroid dienone is 1. The van der Waals surface area contributed by atoms with Crippen molar-refractivity contribution < 1.29 is 4.59 Å². The zero-order valence-electron chi connectivity index (χ0n) is 12.3. The van der Waals surface area contributed by atoms with Crippen LogP contribution in [-0.2, 0) is 0 Å². The highest BCUT2D eigenvalue weighted by atomic mass is 15.6. The van der Waals surface area contributed by atoms with E-state index in [4.69, 9.17) is 5.10 Å². The highest BCUT2D eigenvalue weighted by molar-refractivity contribution is 5.78. The molecule has 0 amide bonds. The first-order valence-corrected chi connectivity index (χ1v) is 8.25. The third-order valence-corrected chi connectivity index (χ3v) is 5.21. The van der Waals surface area contributed by atoms with Gasteiger partial charge in [0.05, 0.1) is 0 Å². The molecule has 0 radical (unpaired) electrons. The summed E-state index contributed by atoms with van der Waals surface area (Å²) in [5, 5.41) is 8.60. The van der Waals surface area contributed by atoms with Crippen molar-refractivity contribution in [3.8, 4) is 0 Å². The first-order chi connectivity index (χ1) is 9.32. The van der Waals surface area contributed by atoms with Crippen LogP contribution in [0.15, 0.2) is 17.0 Å². The molecular weight excluding hydrogens is 234 g/mol. The van der Waals surface area contributed by atoms with Crippen molar-refractivity contribution in [2.45, 2.75) is 76.8 Å². The van der Waals surface area contributed by atoms with Crippen molar-refractivity contribution in [3.63, 3.8) is 0 Å². The quantitative estimate of drug-likeness (QED) is 0.770. The maximum atomic E-state index is 4.87. The van der Waals surface area contributed by atoms with Gasteiger partial charge in [-0.1, -0.05) is 24.4 Å². The van der Waals surface area contributed by atoms with Crippen LogP contribution in [0, 0.1) is 0 Å². The van der Waals surface area contributed by atoms with E-state index < -0.39 is 0 Å². The number of hydrogen-bond donors (Lipinski definition) is 1. The topological polar surface area (TPSA) is 24.4 Å². The van der Waals surface area contributed by atoms with Crippen molar-refractivity contribution in [2.24, 2.45) is 5.10 Å². The first kappa shape index (κ1) is 13.2. The maximum Gasteiger partial charge on any atom is 0.148 e. The summed E-state index contributed by atoms with van der Waals surface area (Å²) in [6.07, 6.45) is 16.8. The van der Waals surface area contributed by atoms with E-state index >= 15 is 0 Å². The van der Waals surface area contributed by atoms with E-state index in [0.717, 1.165) is 17.2 Å². The predicted octanol–water partition coefficient (Wildman–Crippen LogP) is 3.53. The van der Waals surface area contributed by atoms with Gasteiger partial charge >= 0.3 is 0 Å². The second-order valence-corrected chi connectivity index (χ2v) is 6.45. The summed E-state index contributed by atoms with van der Waals surface area (Å²) >= 11 is 0. The van der Waals surface area contributed by atoms with Gasteiger partial charge in [0.15, 0.2) is 0 Å². The average molecular weight is 262 g/mol. The van der Waals surface area contributed by atoms with Gasteiger partial charge in [0, 0.05) is 18.9 Å². The molecule has 0 aromatic carbocycles. The Bertz CT molecular complexity index is 362. The molecule has 2 aliphatic carbocycles. The number of quaternary nitrogens is 1. The highest BCUT2D eigenvalue weighted by Crippen LogP contribution is 2.33. The fraction of sp³-hybridized carbons (Fsp3) is 0.812. The largest absolute Gasteiger partial charge is 0.377 e. The first-order valence-electron chi connectivity index (χ1n) is 8.25. The van der Waals surface area contributed by atoms with Gasteiger partial charge in [-0.2, -0.15) is 4.59 Å². The Labute approximate surface area is 117 Å². The minimum atomic E-state index is 0.687. The van der Waals surface area contributed by atoms with E-state index in [0.29, 0.717) is 6.04 Å². The lowest BCUT2D eigenvalue weighted by molar-refractivity contribution is -0.906. The van der Waals surface area contributed by atoms with Crippen LogP contribution in [0.1, 0.15) is 64.7 Å². The molecule has 1 N–H and O–H groups in total. The molecule has 2 saturated carbocycles. The minimum absolute atomic E-state index is 0.687. The van der Waals surface area contributed by atoms with Gasteiger partial charge in [-0.15, -0.1) is 0 Å². The van der Waals surface area contributed by atoms with E-state index in [-0.39, 0.29) is 0 Å². The molecule has 0 bridgehead atoms. The van der Waals surface area contributed by atoms with Gasteiger partial charge in [-0.25, -0.2) is 0 Å². The SMILES string of the molecule is CC[N+]1(C2CCCC2)C=C(NC2CCCCC2)C=N1. The third kappa shape index (κ3) is 2.71. The Morgan fingerprint density at radius 3 is 2.47 bits per heavy atom. The standard InChI is InChI=1S/C16H28N3/c1-2-19(16-10-6-7-11-16)13-15(12-17-19)18-14-8-4-3-5-9-14/h12-14,16,18H,2-11H2,1H3/q+1. The number of nitrogens with zero attached hydrogens (tertiary/aromatic N) is 2. The monoisotopic (exact) mass is 262 g/mol. The van der Waals surface area contributed by atoms with Crippen molar-refractivity contribution in [1.82, 2.24) is 5.32 Å². The number of nitrogens with one attached hydrogen (secondary N) is 1. The van der Waals surface area contributed by atoms with E-state index in [1.165, 1.54) is 63.5 Å². The second kappa shape index (κ2) is 5.66. The van der Waals surface area contributed by atoms with Crippen LogP contribution >= 0.6 is 0 Å². The Balaban J connectivity index is 1.66. The Morgan fingerprint density at radius 1 is 1.11 bits per heavy atom. The lowest BCUT2D eigenvalue weighted by Crippen LogP contribution is -2.44. The number of rotatable bonds is 4. The fourth-order valence-electron chi connectivity index (χ4n) is 4.02. The molecule has 1 aliphatic heterocycles. The van der Waals surface area contributed by atoms with Crippen molar-refractivity contribution in [1.29, 1.82) is 0 Å². The average Bonchev–Trinajstić information content (AvgIpc) is 3.09. The molecule has 106 valence electrons. The summed E-state index contributed by atoms with van der Waals surface area (Å²) in [7, 11) is 0. The number of hydrogen-bond acceptors (Lipinski definition) is 2. The van der Waals surface area contributed by atoms with E-state index in [2.05, 4.69) is 24.7 Å². The molecule has 3 aliphatic rings. The molecule has 1 unspecified atom stereocenters. The lowest BCUT2D eigenvalue weighted by atomic mass is 9.95. The minimum Gasteiger partial charge on any atom is -0.377 e. The van der Waals surface area contributed by atoms with Gasteiger partial charge in [-0.3, -0.25) is 0 Å². The van der Waals surface area contributed by atoms with Crippen LogP contribution in [0.2, 0.25) is 0 Å². The Morgan fingerprint density at radius 2 is 1.79 bits per heavy atom. The van der Waals surface area contributed by atoms with Crippen LogP contribution in [0.5, 0.6) is 0 Å². The normalized spacial score (nSPS) is 32.8. The summed E-state index contributed by atoms with van der Waals surface area (Å²) in [6, 6.07) is 1.42. The van der Waals surface area contributed by atoms with Gasteiger partial charge in [0.1, 0.15) is 30.7 Å². The molecule has 1 atom stereocenters. The fourth-order valence-corrected chi connectivity index (χ4v) is 4.02. The Hall–Kier alpha value is -0.830. The smallest absolute Gasteiger partial charge is 0.148 e. The Kier molecular flexibility index (Phi) is 3.92. The highest BCUT2D eigenvalue weighted by Gasteiger charge is 2.39. The van der Waals surface area contributed by atoms with Gasteiger partial charge in [0.25, 0.3) is 0 Å².